The summed E-state index contributed by atoms with van der Waals surface area (Å²) >= 11 is 3.53. The summed E-state index contributed by atoms with van der Waals surface area (Å²) in [5.74, 6) is 2.49. The van der Waals surface area contributed by atoms with Crippen LogP contribution in [0.25, 0.3) is 0 Å². The lowest BCUT2D eigenvalue weighted by atomic mass is 10.1. The first-order valence-corrected chi connectivity index (χ1v) is 8.06. The van der Waals surface area contributed by atoms with Crippen molar-refractivity contribution in [2.75, 3.05) is 20.3 Å². The summed E-state index contributed by atoms with van der Waals surface area (Å²) in [4.78, 5) is 0. The molecule has 0 spiro atoms. The quantitative estimate of drug-likeness (QED) is 0.652. The van der Waals surface area contributed by atoms with Crippen LogP contribution in [0, 0.1) is 13.8 Å². The van der Waals surface area contributed by atoms with Gasteiger partial charge in [-0.2, -0.15) is 0 Å². The van der Waals surface area contributed by atoms with E-state index in [4.69, 9.17) is 14.2 Å². The Morgan fingerprint density at radius 2 is 1.59 bits per heavy atom. The molecule has 0 aromatic heterocycles. The summed E-state index contributed by atoms with van der Waals surface area (Å²) in [5.41, 5.74) is 2.48. The van der Waals surface area contributed by atoms with E-state index in [9.17, 15) is 0 Å². The Morgan fingerprint density at radius 3 is 2.36 bits per heavy atom. The zero-order valence-electron chi connectivity index (χ0n) is 13.2. The molecule has 0 saturated carbocycles. The molecule has 0 saturated heterocycles. The van der Waals surface area contributed by atoms with Crippen LogP contribution in [0.2, 0.25) is 0 Å². The van der Waals surface area contributed by atoms with Crippen molar-refractivity contribution in [3.05, 3.63) is 52.0 Å². The van der Waals surface area contributed by atoms with Crippen molar-refractivity contribution in [1.29, 1.82) is 0 Å². The molecule has 22 heavy (non-hydrogen) atoms. The fourth-order valence-electron chi connectivity index (χ4n) is 1.99. The van der Waals surface area contributed by atoms with Crippen LogP contribution in [0.1, 0.15) is 17.5 Å². The largest absolute Gasteiger partial charge is 0.497 e. The van der Waals surface area contributed by atoms with Crippen molar-refractivity contribution < 1.29 is 14.2 Å². The van der Waals surface area contributed by atoms with Gasteiger partial charge in [0.25, 0.3) is 0 Å². The first-order valence-electron chi connectivity index (χ1n) is 7.26. The van der Waals surface area contributed by atoms with Crippen LogP contribution in [0.4, 0.5) is 0 Å². The number of benzene rings is 2. The molecule has 0 N–H and O–H groups in total. The molecule has 0 radical (unpaired) electrons. The first-order chi connectivity index (χ1) is 10.6. The van der Waals surface area contributed by atoms with Gasteiger partial charge >= 0.3 is 0 Å². The number of rotatable bonds is 7. The second-order valence-corrected chi connectivity index (χ2v) is 5.95. The van der Waals surface area contributed by atoms with E-state index in [2.05, 4.69) is 41.9 Å². The molecule has 0 aliphatic carbocycles. The van der Waals surface area contributed by atoms with Crippen molar-refractivity contribution in [1.82, 2.24) is 0 Å². The van der Waals surface area contributed by atoms with E-state index in [1.54, 1.807) is 7.11 Å². The van der Waals surface area contributed by atoms with Gasteiger partial charge in [-0.3, -0.25) is 0 Å². The summed E-state index contributed by atoms with van der Waals surface area (Å²) in [7, 11) is 1.65. The highest BCUT2D eigenvalue weighted by Crippen LogP contribution is 2.28. The maximum Gasteiger partial charge on any atom is 0.133 e. The van der Waals surface area contributed by atoms with Gasteiger partial charge in [0.2, 0.25) is 0 Å². The third-order valence-electron chi connectivity index (χ3n) is 3.40. The van der Waals surface area contributed by atoms with Gasteiger partial charge in [-0.15, -0.1) is 0 Å². The van der Waals surface area contributed by atoms with Crippen LogP contribution in [-0.4, -0.2) is 20.3 Å². The van der Waals surface area contributed by atoms with Crippen molar-refractivity contribution in [3.63, 3.8) is 0 Å². The van der Waals surface area contributed by atoms with Crippen molar-refractivity contribution in [2.24, 2.45) is 0 Å². The molecule has 4 heteroatoms. The lowest BCUT2D eigenvalue weighted by Crippen LogP contribution is -2.05. The lowest BCUT2D eigenvalue weighted by Gasteiger charge is -2.11. The Bertz CT molecular complexity index is 626. The number of methoxy groups -OCH3 is 1. The fourth-order valence-corrected chi connectivity index (χ4v) is 2.56. The van der Waals surface area contributed by atoms with Gasteiger partial charge in [0.05, 0.1) is 24.8 Å². The van der Waals surface area contributed by atoms with Crippen LogP contribution < -0.4 is 14.2 Å². The summed E-state index contributed by atoms with van der Waals surface area (Å²) in [6, 6.07) is 11.7. The average molecular weight is 365 g/mol. The van der Waals surface area contributed by atoms with Crippen LogP contribution in [0.15, 0.2) is 40.9 Å². The van der Waals surface area contributed by atoms with E-state index in [1.165, 1.54) is 11.1 Å². The van der Waals surface area contributed by atoms with Gasteiger partial charge in [-0.05, 0) is 65.2 Å². The summed E-state index contributed by atoms with van der Waals surface area (Å²) in [6.45, 7) is 5.40. The summed E-state index contributed by atoms with van der Waals surface area (Å²) in [5, 5.41) is 0. The molecule has 0 fully saturated rings. The molecule has 118 valence electrons. The molecule has 3 nitrogen and oxygen atoms in total. The minimum Gasteiger partial charge on any atom is -0.497 e. The molecule has 2 rings (SSSR count). The van der Waals surface area contributed by atoms with Crippen LogP contribution >= 0.6 is 15.9 Å². The standard InChI is InChI=1S/C18H21BrO3/c1-13-10-17(19)18(11-14(13)2)22-9-5-8-21-16-7-4-6-15(12-16)20-3/h4,6-7,10-12H,5,8-9H2,1-3H3. The molecule has 0 bridgehead atoms. The predicted octanol–water partition coefficient (Wildman–Crippen LogP) is 4.92. The second-order valence-electron chi connectivity index (χ2n) is 5.10. The van der Waals surface area contributed by atoms with E-state index in [0.29, 0.717) is 13.2 Å². The molecular formula is C18H21BrO3. The Labute approximate surface area is 140 Å². The first kappa shape index (κ1) is 16.7. The van der Waals surface area contributed by atoms with E-state index in [1.807, 2.05) is 24.3 Å². The molecule has 0 amide bonds. The number of hydrogen-bond acceptors (Lipinski definition) is 3. The molecule has 0 aliphatic heterocycles. The highest BCUT2D eigenvalue weighted by Gasteiger charge is 2.04. The molecule has 0 unspecified atom stereocenters. The zero-order valence-corrected chi connectivity index (χ0v) is 14.8. The Kier molecular flexibility index (Phi) is 6.13. The second kappa shape index (κ2) is 8.08. The minimum absolute atomic E-state index is 0.607. The topological polar surface area (TPSA) is 27.7 Å². The monoisotopic (exact) mass is 364 g/mol. The van der Waals surface area contributed by atoms with Gasteiger partial charge in [0, 0.05) is 12.5 Å². The van der Waals surface area contributed by atoms with Gasteiger partial charge in [0.1, 0.15) is 17.2 Å². The van der Waals surface area contributed by atoms with Gasteiger partial charge in [-0.1, -0.05) is 6.07 Å². The Morgan fingerprint density at radius 1 is 0.909 bits per heavy atom. The van der Waals surface area contributed by atoms with E-state index >= 15 is 0 Å². The van der Waals surface area contributed by atoms with E-state index in [0.717, 1.165) is 28.1 Å². The van der Waals surface area contributed by atoms with E-state index < -0.39 is 0 Å². The van der Waals surface area contributed by atoms with Crippen LogP contribution in [0.3, 0.4) is 0 Å². The molecule has 0 heterocycles. The van der Waals surface area contributed by atoms with Crippen molar-refractivity contribution in [3.8, 4) is 17.2 Å². The zero-order chi connectivity index (χ0) is 15.9. The van der Waals surface area contributed by atoms with E-state index in [-0.39, 0.29) is 0 Å². The van der Waals surface area contributed by atoms with Gasteiger partial charge < -0.3 is 14.2 Å². The molecule has 2 aromatic carbocycles. The molecule has 0 aliphatic rings. The molecular weight excluding hydrogens is 344 g/mol. The number of ether oxygens (including phenoxy) is 3. The fraction of sp³-hybridized carbons (Fsp3) is 0.333. The number of halogens is 1. The summed E-state index contributed by atoms with van der Waals surface area (Å²) < 4.78 is 17.6. The predicted molar refractivity (Wildman–Crippen MR) is 92.2 cm³/mol. The maximum absolute atomic E-state index is 5.80. The highest BCUT2D eigenvalue weighted by molar-refractivity contribution is 9.10. The highest BCUT2D eigenvalue weighted by atomic mass is 79.9. The minimum atomic E-state index is 0.607. The number of aryl methyl sites for hydroxylation is 2. The van der Waals surface area contributed by atoms with Crippen LogP contribution in [-0.2, 0) is 0 Å². The Hall–Kier alpha value is -1.68. The normalized spacial score (nSPS) is 10.4. The smallest absolute Gasteiger partial charge is 0.133 e. The maximum atomic E-state index is 5.80. The Balaban J connectivity index is 1.76. The van der Waals surface area contributed by atoms with Gasteiger partial charge in [-0.25, -0.2) is 0 Å². The number of hydrogen-bond donors (Lipinski definition) is 0. The third kappa shape index (κ3) is 4.67. The van der Waals surface area contributed by atoms with Crippen molar-refractivity contribution in [2.45, 2.75) is 20.3 Å². The summed E-state index contributed by atoms with van der Waals surface area (Å²) in [6.07, 6.45) is 0.816. The average Bonchev–Trinajstić information content (AvgIpc) is 2.52. The molecule has 0 atom stereocenters. The van der Waals surface area contributed by atoms with Crippen molar-refractivity contribution >= 4 is 15.9 Å². The van der Waals surface area contributed by atoms with Crippen LogP contribution in [0.5, 0.6) is 17.2 Å². The third-order valence-corrected chi connectivity index (χ3v) is 4.02. The SMILES string of the molecule is COc1cccc(OCCCOc2cc(C)c(C)cc2Br)c1. The molecule has 2 aromatic rings. The van der Waals surface area contributed by atoms with Gasteiger partial charge in [0.15, 0.2) is 0 Å². The lowest BCUT2D eigenvalue weighted by molar-refractivity contribution is 0.246.